The molecule has 0 saturated carbocycles. The summed E-state index contributed by atoms with van der Waals surface area (Å²) >= 11 is 5.97. The van der Waals surface area contributed by atoms with Crippen LogP contribution < -0.4 is 10.1 Å². The number of anilines is 1. The van der Waals surface area contributed by atoms with Gasteiger partial charge in [-0.05, 0) is 67.1 Å². The van der Waals surface area contributed by atoms with Gasteiger partial charge in [0.2, 0.25) is 0 Å². The summed E-state index contributed by atoms with van der Waals surface area (Å²) in [6.07, 6.45) is 0. The molecule has 7 heteroatoms. The molecule has 0 aliphatic carbocycles. The lowest BCUT2D eigenvalue weighted by Gasteiger charge is -2.08. The molecule has 28 heavy (non-hydrogen) atoms. The molecule has 0 radical (unpaired) electrons. The first kappa shape index (κ1) is 18.0. The van der Waals surface area contributed by atoms with Crippen LogP contribution in [0.5, 0.6) is 5.75 Å². The quantitative estimate of drug-likeness (QED) is 0.549. The van der Waals surface area contributed by atoms with Crippen molar-refractivity contribution >= 4 is 34.2 Å². The van der Waals surface area contributed by atoms with Gasteiger partial charge >= 0.3 is 0 Å². The first-order valence-corrected chi connectivity index (χ1v) is 9.00. The lowest BCUT2D eigenvalue weighted by molar-refractivity contribution is 0.102. The molecule has 4 aromatic rings. The summed E-state index contributed by atoms with van der Waals surface area (Å²) in [7, 11) is 1.62. The number of hydrogen-bond donors (Lipinski definition) is 1. The number of amides is 1. The lowest BCUT2D eigenvalue weighted by Crippen LogP contribution is -2.12. The number of aromatic nitrogens is 3. The lowest BCUT2D eigenvalue weighted by atomic mass is 10.1. The Balaban J connectivity index is 1.65. The van der Waals surface area contributed by atoms with E-state index in [1.165, 1.54) is 0 Å². The second kappa shape index (κ2) is 7.32. The molecule has 1 amide bonds. The Hall–Kier alpha value is -3.38. The number of fused-ring (bicyclic) bond motifs is 1. The Morgan fingerprint density at radius 2 is 1.75 bits per heavy atom. The number of aryl methyl sites for hydroxylation is 1. The molecule has 0 saturated heterocycles. The number of methoxy groups -OCH3 is 1. The Morgan fingerprint density at radius 3 is 2.43 bits per heavy atom. The number of carbonyl (C=O) groups excluding carboxylic acids is 1. The summed E-state index contributed by atoms with van der Waals surface area (Å²) in [5, 5.41) is 12.5. The second-order valence-electron chi connectivity index (χ2n) is 6.31. The number of rotatable bonds is 4. The van der Waals surface area contributed by atoms with Gasteiger partial charge < -0.3 is 10.1 Å². The summed E-state index contributed by atoms with van der Waals surface area (Å²) in [6, 6.07) is 18.0. The Morgan fingerprint density at radius 1 is 1.04 bits per heavy atom. The Labute approximate surface area is 166 Å². The summed E-state index contributed by atoms with van der Waals surface area (Å²) in [4.78, 5) is 14.1. The number of ether oxygens (including phenoxy) is 1. The van der Waals surface area contributed by atoms with E-state index >= 15 is 0 Å². The van der Waals surface area contributed by atoms with Crippen LogP contribution in [0.1, 0.15) is 15.9 Å². The third-order valence-corrected chi connectivity index (χ3v) is 4.60. The number of hydrogen-bond acceptors (Lipinski definition) is 4. The third kappa shape index (κ3) is 3.54. The van der Waals surface area contributed by atoms with Crippen LogP contribution in [0.15, 0.2) is 60.7 Å². The fourth-order valence-corrected chi connectivity index (χ4v) is 3.05. The van der Waals surface area contributed by atoms with Crippen LogP contribution in [0.4, 0.5) is 5.69 Å². The van der Waals surface area contributed by atoms with Crippen LogP contribution in [0, 0.1) is 6.92 Å². The third-order valence-electron chi connectivity index (χ3n) is 4.36. The van der Waals surface area contributed by atoms with Gasteiger partial charge in [0, 0.05) is 16.3 Å². The van der Waals surface area contributed by atoms with E-state index in [9.17, 15) is 4.79 Å². The van der Waals surface area contributed by atoms with Crippen molar-refractivity contribution in [1.29, 1.82) is 0 Å². The minimum Gasteiger partial charge on any atom is -0.497 e. The van der Waals surface area contributed by atoms with E-state index in [1.54, 1.807) is 36.2 Å². The van der Waals surface area contributed by atoms with Gasteiger partial charge in [0.15, 0.2) is 0 Å². The molecule has 0 atom stereocenters. The van der Waals surface area contributed by atoms with Crippen molar-refractivity contribution in [1.82, 2.24) is 15.0 Å². The molecule has 1 aromatic heterocycles. The minimum absolute atomic E-state index is 0.229. The fourth-order valence-electron chi connectivity index (χ4n) is 2.86. The Kier molecular flexibility index (Phi) is 4.71. The zero-order valence-electron chi connectivity index (χ0n) is 15.3. The molecule has 0 aliphatic heterocycles. The molecule has 6 nitrogen and oxygen atoms in total. The van der Waals surface area contributed by atoms with E-state index in [0.29, 0.717) is 21.8 Å². The molecule has 0 bridgehead atoms. The monoisotopic (exact) mass is 392 g/mol. The van der Waals surface area contributed by atoms with Crippen LogP contribution in [-0.2, 0) is 0 Å². The van der Waals surface area contributed by atoms with Gasteiger partial charge in [0.05, 0.1) is 12.8 Å². The van der Waals surface area contributed by atoms with Crippen molar-refractivity contribution < 1.29 is 9.53 Å². The highest BCUT2D eigenvalue weighted by Crippen LogP contribution is 2.23. The average Bonchev–Trinajstić information content (AvgIpc) is 3.11. The van der Waals surface area contributed by atoms with E-state index in [0.717, 1.165) is 22.5 Å². The van der Waals surface area contributed by atoms with E-state index < -0.39 is 0 Å². The Bertz CT molecular complexity index is 1170. The van der Waals surface area contributed by atoms with Gasteiger partial charge in [-0.2, -0.15) is 4.80 Å². The van der Waals surface area contributed by atoms with Crippen molar-refractivity contribution in [3.05, 3.63) is 76.8 Å². The summed E-state index contributed by atoms with van der Waals surface area (Å²) in [6.45, 7) is 1.92. The maximum atomic E-state index is 12.5. The number of benzene rings is 3. The largest absolute Gasteiger partial charge is 0.497 e. The normalized spacial score (nSPS) is 10.8. The highest BCUT2D eigenvalue weighted by molar-refractivity contribution is 6.31. The molecule has 1 heterocycles. The van der Waals surface area contributed by atoms with Crippen LogP contribution >= 0.6 is 11.6 Å². The number of halogens is 1. The highest BCUT2D eigenvalue weighted by Gasteiger charge is 2.12. The molecule has 0 fully saturated rings. The van der Waals surface area contributed by atoms with E-state index in [-0.39, 0.29) is 5.91 Å². The van der Waals surface area contributed by atoms with Gasteiger partial charge in [-0.15, -0.1) is 10.2 Å². The smallest absolute Gasteiger partial charge is 0.255 e. The molecule has 0 aliphatic rings. The first-order valence-electron chi connectivity index (χ1n) is 8.62. The zero-order chi connectivity index (χ0) is 19.7. The molecular formula is C21H17ClN4O2. The standard InChI is InChI=1S/C21H17ClN4O2/c1-13-10-19-20(25-26(24-19)16-6-8-17(28-2)9-7-16)12-18(13)23-21(27)14-4-3-5-15(22)11-14/h3-12H,1-2H3,(H,23,27). The van der Waals surface area contributed by atoms with Gasteiger partial charge in [0.1, 0.15) is 16.8 Å². The number of nitrogens with zero attached hydrogens (tertiary/aromatic N) is 3. The number of carbonyl (C=O) groups is 1. The molecule has 0 unspecified atom stereocenters. The van der Waals surface area contributed by atoms with Crippen LogP contribution in [0.3, 0.4) is 0 Å². The van der Waals surface area contributed by atoms with Gasteiger partial charge in [-0.3, -0.25) is 4.79 Å². The molecule has 0 spiro atoms. The topological polar surface area (TPSA) is 69.0 Å². The van der Waals surface area contributed by atoms with E-state index in [4.69, 9.17) is 16.3 Å². The number of nitrogens with one attached hydrogen (secondary N) is 1. The summed E-state index contributed by atoms with van der Waals surface area (Å²) in [5.74, 6) is 0.537. The molecule has 3 aromatic carbocycles. The van der Waals surface area contributed by atoms with Crippen LogP contribution in [-0.4, -0.2) is 28.0 Å². The second-order valence-corrected chi connectivity index (χ2v) is 6.74. The van der Waals surface area contributed by atoms with Gasteiger partial charge in [-0.25, -0.2) is 0 Å². The van der Waals surface area contributed by atoms with Crippen LogP contribution in [0.2, 0.25) is 5.02 Å². The maximum Gasteiger partial charge on any atom is 0.255 e. The molecule has 140 valence electrons. The highest BCUT2D eigenvalue weighted by atomic mass is 35.5. The minimum atomic E-state index is -0.229. The molecular weight excluding hydrogens is 376 g/mol. The van der Waals surface area contributed by atoms with Crippen LogP contribution in [0.25, 0.3) is 16.7 Å². The predicted molar refractivity (Wildman–Crippen MR) is 110 cm³/mol. The van der Waals surface area contributed by atoms with E-state index in [2.05, 4.69) is 15.5 Å². The summed E-state index contributed by atoms with van der Waals surface area (Å²) in [5.41, 5.74) is 4.31. The zero-order valence-corrected chi connectivity index (χ0v) is 16.1. The molecule has 4 rings (SSSR count). The van der Waals surface area contributed by atoms with Gasteiger partial charge in [-0.1, -0.05) is 17.7 Å². The summed E-state index contributed by atoms with van der Waals surface area (Å²) < 4.78 is 5.18. The fraction of sp³-hybridized carbons (Fsp3) is 0.0952. The molecule has 1 N–H and O–H groups in total. The SMILES string of the molecule is COc1ccc(-n2nc3cc(C)c(NC(=O)c4cccc(Cl)c4)cc3n2)cc1. The van der Waals surface area contributed by atoms with E-state index in [1.807, 2.05) is 43.3 Å². The van der Waals surface area contributed by atoms with Crippen molar-refractivity contribution in [2.45, 2.75) is 6.92 Å². The van der Waals surface area contributed by atoms with Crippen molar-refractivity contribution in [2.75, 3.05) is 12.4 Å². The van der Waals surface area contributed by atoms with Crippen molar-refractivity contribution in [3.63, 3.8) is 0 Å². The van der Waals surface area contributed by atoms with Crippen molar-refractivity contribution in [2.24, 2.45) is 0 Å². The predicted octanol–water partition coefficient (Wildman–Crippen LogP) is 4.64. The first-order chi connectivity index (χ1) is 13.5. The average molecular weight is 393 g/mol. The van der Waals surface area contributed by atoms with Gasteiger partial charge in [0.25, 0.3) is 5.91 Å². The van der Waals surface area contributed by atoms with Crippen molar-refractivity contribution in [3.8, 4) is 11.4 Å². The maximum absolute atomic E-state index is 12.5.